The Kier molecular flexibility index (Phi) is 5.37. The molecule has 2 rings (SSSR count). The molecule has 4 heteroatoms. The van der Waals surface area contributed by atoms with Crippen molar-refractivity contribution in [2.24, 2.45) is 0 Å². The van der Waals surface area contributed by atoms with E-state index < -0.39 is 0 Å². The van der Waals surface area contributed by atoms with Crippen molar-refractivity contribution in [1.29, 1.82) is 0 Å². The van der Waals surface area contributed by atoms with Crippen LogP contribution in [0.3, 0.4) is 0 Å². The quantitative estimate of drug-likeness (QED) is 0.785. The van der Waals surface area contributed by atoms with E-state index >= 15 is 0 Å². The van der Waals surface area contributed by atoms with Crippen LogP contribution in [0, 0.1) is 5.82 Å². The van der Waals surface area contributed by atoms with Gasteiger partial charge >= 0.3 is 0 Å². The van der Waals surface area contributed by atoms with Crippen LogP contribution >= 0.6 is 27.5 Å². The molecule has 0 atom stereocenters. The Hall–Kier alpha value is -0.900. The monoisotopic (exact) mass is 341 g/mol. The van der Waals surface area contributed by atoms with Crippen molar-refractivity contribution in [3.63, 3.8) is 0 Å². The topological polar surface area (TPSA) is 12.0 Å². The van der Waals surface area contributed by atoms with Gasteiger partial charge in [-0.1, -0.05) is 45.7 Å². The van der Waals surface area contributed by atoms with Gasteiger partial charge in [-0.3, -0.25) is 0 Å². The zero-order valence-corrected chi connectivity index (χ0v) is 12.6. The maximum Gasteiger partial charge on any atom is 0.124 e. The lowest BCUT2D eigenvalue weighted by molar-refractivity contribution is 0.623. The third kappa shape index (κ3) is 4.60. The molecular weight excluding hydrogens is 329 g/mol. The minimum atomic E-state index is -0.225. The fourth-order valence-electron chi connectivity index (χ4n) is 1.77. The zero-order valence-electron chi connectivity index (χ0n) is 10.3. The molecule has 1 nitrogen and oxygen atoms in total. The lowest BCUT2D eigenvalue weighted by Gasteiger charge is -2.07. The van der Waals surface area contributed by atoms with E-state index in [1.54, 1.807) is 6.07 Å². The van der Waals surface area contributed by atoms with Crippen LogP contribution in [0.5, 0.6) is 0 Å². The molecule has 2 aromatic rings. The fraction of sp³-hybridized carbons (Fsp3) is 0.200. The Labute approximate surface area is 125 Å². The van der Waals surface area contributed by atoms with E-state index in [-0.39, 0.29) is 5.82 Å². The van der Waals surface area contributed by atoms with Crippen molar-refractivity contribution < 1.29 is 4.39 Å². The van der Waals surface area contributed by atoms with Gasteiger partial charge in [0, 0.05) is 16.0 Å². The smallest absolute Gasteiger partial charge is 0.124 e. The van der Waals surface area contributed by atoms with Crippen molar-refractivity contribution >= 4 is 27.5 Å². The summed E-state index contributed by atoms with van der Waals surface area (Å²) < 4.78 is 13.7. The van der Waals surface area contributed by atoms with Gasteiger partial charge in [-0.2, -0.15) is 0 Å². The predicted octanol–water partition coefficient (Wildman–Crippen LogP) is 4.57. The molecule has 0 aliphatic heterocycles. The zero-order chi connectivity index (χ0) is 13.7. The Morgan fingerprint density at radius 1 is 1.11 bits per heavy atom. The van der Waals surface area contributed by atoms with Gasteiger partial charge in [0.05, 0.1) is 0 Å². The second-order valence-electron chi connectivity index (χ2n) is 4.29. The fourth-order valence-corrected chi connectivity index (χ4v) is 2.39. The molecule has 0 aliphatic rings. The third-order valence-electron chi connectivity index (χ3n) is 2.83. The van der Waals surface area contributed by atoms with Gasteiger partial charge in [0.15, 0.2) is 0 Å². The summed E-state index contributed by atoms with van der Waals surface area (Å²) in [6.07, 6.45) is 0.940. The number of benzene rings is 2. The van der Waals surface area contributed by atoms with Crippen LogP contribution in [-0.4, -0.2) is 6.54 Å². The van der Waals surface area contributed by atoms with Crippen LogP contribution in [-0.2, 0) is 13.0 Å². The van der Waals surface area contributed by atoms with Crippen molar-refractivity contribution in [3.8, 4) is 0 Å². The molecule has 0 amide bonds. The van der Waals surface area contributed by atoms with E-state index in [4.69, 9.17) is 11.6 Å². The van der Waals surface area contributed by atoms with Crippen molar-refractivity contribution in [2.75, 3.05) is 6.54 Å². The van der Waals surface area contributed by atoms with E-state index in [0.717, 1.165) is 28.0 Å². The minimum absolute atomic E-state index is 0.225. The van der Waals surface area contributed by atoms with Crippen LogP contribution in [0.15, 0.2) is 46.9 Å². The van der Waals surface area contributed by atoms with Crippen LogP contribution in [0.4, 0.5) is 4.39 Å². The van der Waals surface area contributed by atoms with Gasteiger partial charge in [0.1, 0.15) is 5.82 Å². The first-order valence-corrected chi connectivity index (χ1v) is 7.21. The van der Waals surface area contributed by atoms with E-state index in [0.29, 0.717) is 6.54 Å². The average molecular weight is 343 g/mol. The van der Waals surface area contributed by atoms with Gasteiger partial charge in [-0.25, -0.2) is 4.39 Å². The van der Waals surface area contributed by atoms with Crippen LogP contribution in [0.25, 0.3) is 0 Å². The number of hydrogen-bond donors (Lipinski definition) is 1. The molecule has 100 valence electrons. The lowest BCUT2D eigenvalue weighted by Crippen LogP contribution is -2.17. The minimum Gasteiger partial charge on any atom is -0.312 e. The highest BCUT2D eigenvalue weighted by Crippen LogP contribution is 2.17. The Morgan fingerprint density at radius 3 is 2.53 bits per heavy atom. The molecule has 1 N–H and O–H groups in total. The summed E-state index contributed by atoms with van der Waals surface area (Å²) in [6, 6.07) is 12.6. The van der Waals surface area contributed by atoms with Crippen molar-refractivity contribution in [2.45, 2.75) is 13.0 Å². The summed E-state index contributed by atoms with van der Waals surface area (Å²) in [5, 5.41) is 4.10. The Bertz CT molecular complexity index is 542. The lowest BCUT2D eigenvalue weighted by atomic mass is 10.1. The van der Waals surface area contributed by atoms with Gasteiger partial charge in [0.2, 0.25) is 0 Å². The normalized spacial score (nSPS) is 10.7. The average Bonchev–Trinajstić information content (AvgIpc) is 2.39. The number of nitrogens with one attached hydrogen (secondary N) is 1. The van der Waals surface area contributed by atoms with Crippen molar-refractivity contribution in [1.82, 2.24) is 5.32 Å². The summed E-state index contributed by atoms with van der Waals surface area (Å²) in [5.41, 5.74) is 2.30. The Balaban J connectivity index is 1.79. The van der Waals surface area contributed by atoms with Crippen molar-refractivity contribution in [3.05, 3.63) is 68.9 Å². The second-order valence-corrected chi connectivity index (χ2v) is 5.58. The first-order valence-electron chi connectivity index (χ1n) is 6.04. The molecule has 19 heavy (non-hydrogen) atoms. The highest BCUT2D eigenvalue weighted by atomic mass is 79.9. The van der Waals surface area contributed by atoms with Gasteiger partial charge in [-0.05, 0) is 48.4 Å². The number of halogens is 3. The Morgan fingerprint density at radius 2 is 1.84 bits per heavy atom. The van der Waals surface area contributed by atoms with Gasteiger partial charge in [-0.15, -0.1) is 0 Å². The summed E-state index contributed by atoms with van der Waals surface area (Å²) in [4.78, 5) is 0. The molecule has 0 aromatic heterocycles. The standard InChI is InChI=1S/C15H14BrClFN/c16-15-9-14(18)6-3-12(15)10-19-8-7-11-1-4-13(17)5-2-11/h1-6,9,19H,7-8,10H2. The summed E-state index contributed by atoms with van der Waals surface area (Å²) in [7, 11) is 0. The third-order valence-corrected chi connectivity index (χ3v) is 3.82. The number of rotatable bonds is 5. The summed E-state index contributed by atoms with van der Waals surface area (Å²) in [6.45, 7) is 1.58. The largest absolute Gasteiger partial charge is 0.312 e. The first-order chi connectivity index (χ1) is 9.15. The molecular formula is C15H14BrClFN. The molecule has 0 fully saturated rings. The maximum absolute atomic E-state index is 12.9. The molecule has 0 aliphatic carbocycles. The molecule has 0 radical (unpaired) electrons. The number of hydrogen-bond acceptors (Lipinski definition) is 1. The van der Waals surface area contributed by atoms with E-state index in [9.17, 15) is 4.39 Å². The summed E-state index contributed by atoms with van der Waals surface area (Å²) >= 11 is 9.19. The van der Waals surface area contributed by atoms with E-state index in [2.05, 4.69) is 21.2 Å². The van der Waals surface area contributed by atoms with Crippen LogP contribution in [0.2, 0.25) is 5.02 Å². The molecule has 2 aromatic carbocycles. The molecule has 0 saturated heterocycles. The predicted molar refractivity (Wildman–Crippen MR) is 81.0 cm³/mol. The molecule has 0 saturated carbocycles. The first kappa shape index (κ1) is 14.5. The van der Waals surface area contributed by atoms with Crippen LogP contribution < -0.4 is 5.32 Å². The highest BCUT2D eigenvalue weighted by Gasteiger charge is 2.01. The molecule has 0 spiro atoms. The van der Waals surface area contributed by atoms with Gasteiger partial charge < -0.3 is 5.32 Å². The highest BCUT2D eigenvalue weighted by molar-refractivity contribution is 9.10. The van der Waals surface area contributed by atoms with Crippen LogP contribution in [0.1, 0.15) is 11.1 Å². The second kappa shape index (κ2) is 7.04. The van der Waals surface area contributed by atoms with E-state index in [1.165, 1.54) is 17.7 Å². The van der Waals surface area contributed by atoms with Gasteiger partial charge in [0.25, 0.3) is 0 Å². The summed E-state index contributed by atoms with van der Waals surface area (Å²) in [5.74, 6) is -0.225. The molecule has 0 heterocycles. The molecule has 0 unspecified atom stereocenters. The molecule has 0 bridgehead atoms. The SMILES string of the molecule is Fc1ccc(CNCCc2ccc(Cl)cc2)c(Br)c1. The maximum atomic E-state index is 12.9. The van der Waals surface area contributed by atoms with E-state index in [1.807, 2.05) is 24.3 Å².